The van der Waals surface area contributed by atoms with Crippen molar-refractivity contribution in [2.24, 2.45) is 0 Å². The first kappa shape index (κ1) is 27.2. The normalized spacial score (nSPS) is 10.3. The van der Waals surface area contributed by atoms with Gasteiger partial charge in [-0.3, -0.25) is 9.97 Å². The largest absolute Gasteiger partial charge is 0.477 e. The molecule has 0 amide bonds. The van der Waals surface area contributed by atoms with Crippen molar-refractivity contribution in [2.75, 3.05) is 4.90 Å². The Labute approximate surface area is 243 Å². The van der Waals surface area contributed by atoms with E-state index in [2.05, 4.69) is 38.5 Å². The lowest BCUT2D eigenvalue weighted by atomic mass is 10.1. The Hall–Kier alpha value is -6.42. The van der Waals surface area contributed by atoms with E-state index in [4.69, 9.17) is 5.26 Å². The number of aromatic nitrogens is 2. The molecule has 0 fully saturated rings. The predicted molar refractivity (Wildman–Crippen MR) is 163 cm³/mol. The highest BCUT2D eigenvalue weighted by Gasteiger charge is 2.13. The molecule has 0 spiro atoms. The van der Waals surface area contributed by atoms with Gasteiger partial charge in [0.1, 0.15) is 11.6 Å². The predicted octanol–water partition coefficient (Wildman–Crippen LogP) is 6.74. The lowest BCUT2D eigenvalue weighted by Crippen LogP contribution is -2.10. The summed E-state index contributed by atoms with van der Waals surface area (Å²) in [5, 5.41) is 18.3. The number of nitriles is 1. The first-order valence-corrected chi connectivity index (χ1v) is 12.9. The Morgan fingerprint density at radius 3 is 1.45 bits per heavy atom. The van der Waals surface area contributed by atoms with Crippen LogP contribution in [0.15, 0.2) is 127 Å². The number of carbonyl (C=O) groups is 1. The van der Waals surface area contributed by atoms with Crippen molar-refractivity contribution in [3.05, 3.63) is 155 Å². The van der Waals surface area contributed by atoms with Gasteiger partial charge in [0.2, 0.25) is 0 Å². The molecule has 0 aliphatic carbocycles. The third kappa shape index (κ3) is 6.96. The van der Waals surface area contributed by atoms with Crippen LogP contribution in [-0.2, 0) is 4.79 Å². The fourth-order valence-electron chi connectivity index (χ4n) is 4.03. The van der Waals surface area contributed by atoms with E-state index in [1.807, 2.05) is 84.9 Å². The molecule has 0 unspecified atom stereocenters. The maximum Gasteiger partial charge on any atom is 0.346 e. The van der Waals surface area contributed by atoms with Gasteiger partial charge in [-0.1, -0.05) is 35.8 Å². The minimum Gasteiger partial charge on any atom is -0.477 e. The van der Waals surface area contributed by atoms with Gasteiger partial charge in [0.25, 0.3) is 0 Å². The molecule has 5 aromatic rings. The van der Waals surface area contributed by atoms with Crippen LogP contribution < -0.4 is 4.90 Å². The minimum atomic E-state index is -1.26. The zero-order valence-corrected chi connectivity index (χ0v) is 22.3. The molecule has 3 aromatic carbocycles. The summed E-state index contributed by atoms with van der Waals surface area (Å²) < 4.78 is 0. The van der Waals surface area contributed by atoms with E-state index in [-0.39, 0.29) is 5.57 Å². The number of carboxylic acid groups (broad SMARTS) is 1. The van der Waals surface area contributed by atoms with Crippen LogP contribution >= 0.6 is 0 Å². The zero-order valence-electron chi connectivity index (χ0n) is 22.3. The van der Waals surface area contributed by atoms with E-state index in [1.165, 1.54) is 6.08 Å². The van der Waals surface area contributed by atoms with Gasteiger partial charge in [0.15, 0.2) is 0 Å². The lowest BCUT2D eigenvalue weighted by Gasteiger charge is -2.25. The van der Waals surface area contributed by atoms with Gasteiger partial charge >= 0.3 is 5.97 Å². The fourth-order valence-corrected chi connectivity index (χ4v) is 4.03. The number of benzene rings is 3. The fraction of sp³-hybridized carbons (Fsp3) is 0. The maximum atomic E-state index is 11.3. The number of carboxylic acids is 1. The Balaban J connectivity index is 1.48. The molecule has 0 bridgehead atoms. The first-order valence-electron chi connectivity index (χ1n) is 12.9. The van der Waals surface area contributed by atoms with E-state index in [1.54, 1.807) is 43.0 Å². The van der Waals surface area contributed by atoms with Crippen molar-refractivity contribution in [1.82, 2.24) is 9.97 Å². The summed E-state index contributed by atoms with van der Waals surface area (Å²) in [7, 11) is 0. The molecule has 42 heavy (non-hydrogen) atoms. The monoisotopic (exact) mass is 542 g/mol. The van der Waals surface area contributed by atoms with Gasteiger partial charge in [-0.05, 0) is 96.6 Å². The van der Waals surface area contributed by atoms with Crippen LogP contribution in [-0.4, -0.2) is 21.0 Å². The second-order valence-electron chi connectivity index (χ2n) is 8.98. The van der Waals surface area contributed by atoms with Crippen molar-refractivity contribution >= 4 is 29.1 Å². The Morgan fingerprint density at radius 1 is 0.643 bits per heavy atom. The third-order valence-corrected chi connectivity index (χ3v) is 6.09. The summed E-state index contributed by atoms with van der Waals surface area (Å²) in [6.07, 6.45) is 8.23. The average molecular weight is 543 g/mol. The SMILES string of the molecule is N#C/C(=C/c1ccc(N(c2ccc(C#Cc3cccnc3)cc2)c2ccc(C#Cc3cccnc3)cc2)cc1)C(=O)O. The average Bonchev–Trinajstić information content (AvgIpc) is 3.04. The van der Waals surface area contributed by atoms with E-state index in [0.29, 0.717) is 5.56 Å². The topological polar surface area (TPSA) is 90.1 Å². The highest BCUT2D eigenvalue weighted by atomic mass is 16.4. The molecule has 2 aromatic heterocycles. The Bertz CT molecular complexity index is 1780. The standard InChI is InChI=1S/C36H22N4O2/c37-24-32(36(41)42)23-29-13-19-35(20-14-29)40(33-15-9-27(10-16-33)5-7-30-3-1-21-38-25-30)34-17-11-28(12-18-34)6-8-31-4-2-22-39-26-31/h1-4,9-23,25-26H,(H,41,42)/b32-23-. The summed E-state index contributed by atoms with van der Waals surface area (Å²) in [5.41, 5.74) is 6.35. The number of hydrogen-bond acceptors (Lipinski definition) is 5. The molecule has 5 rings (SSSR count). The molecule has 1 N–H and O–H groups in total. The third-order valence-electron chi connectivity index (χ3n) is 6.09. The van der Waals surface area contributed by atoms with Crippen molar-refractivity contribution in [3.8, 4) is 29.8 Å². The van der Waals surface area contributed by atoms with E-state index in [9.17, 15) is 9.90 Å². The molecule has 0 aliphatic heterocycles. The smallest absolute Gasteiger partial charge is 0.346 e. The van der Waals surface area contributed by atoms with E-state index >= 15 is 0 Å². The molecule has 6 nitrogen and oxygen atoms in total. The van der Waals surface area contributed by atoms with Gasteiger partial charge in [-0.25, -0.2) is 4.79 Å². The molecule has 0 aliphatic rings. The lowest BCUT2D eigenvalue weighted by molar-refractivity contribution is -0.132. The molecule has 2 heterocycles. The quantitative estimate of drug-likeness (QED) is 0.150. The highest BCUT2D eigenvalue weighted by Crippen LogP contribution is 2.35. The molecule has 6 heteroatoms. The van der Waals surface area contributed by atoms with Crippen molar-refractivity contribution < 1.29 is 9.90 Å². The van der Waals surface area contributed by atoms with Crippen LogP contribution in [0.1, 0.15) is 27.8 Å². The number of aliphatic carboxylic acids is 1. The van der Waals surface area contributed by atoms with Crippen LogP contribution in [0.2, 0.25) is 0 Å². The number of hydrogen-bond donors (Lipinski definition) is 1. The van der Waals surface area contributed by atoms with Crippen molar-refractivity contribution in [2.45, 2.75) is 0 Å². The molecule has 0 atom stereocenters. The summed E-state index contributed by atoms with van der Waals surface area (Å²) in [6, 6.07) is 32.4. The Kier molecular flexibility index (Phi) is 8.46. The van der Waals surface area contributed by atoms with Gasteiger partial charge in [-0.2, -0.15) is 5.26 Å². The summed E-state index contributed by atoms with van der Waals surface area (Å²) >= 11 is 0. The second-order valence-corrected chi connectivity index (χ2v) is 8.98. The molecule has 0 saturated carbocycles. The van der Waals surface area contributed by atoms with E-state index < -0.39 is 5.97 Å². The van der Waals surface area contributed by atoms with Gasteiger partial charge < -0.3 is 10.0 Å². The number of anilines is 3. The van der Waals surface area contributed by atoms with Gasteiger partial charge in [0, 0.05) is 64.1 Å². The highest BCUT2D eigenvalue weighted by molar-refractivity contribution is 5.96. The minimum absolute atomic E-state index is 0.328. The van der Waals surface area contributed by atoms with Crippen molar-refractivity contribution in [1.29, 1.82) is 5.26 Å². The molecule has 0 radical (unpaired) electrons. The maximum absolute atomic E-state index is 11.3. The molecular formula is C36H22N4O2. The summed E-state index contributed by atoms with van der Waals surface area (Å²) in [6.45, 7) is 0. The number of rotatable bonds is 5. The first-order chi connectivity index (χ1) is 20.6. The van der Waals surface area contributed by atoms with Crippen LogP contribution in [0.5, 0.6) is 0 Å². The molecule has 198 valence electrons. The molecular weight excluding hydrogens is 520 g/mol. The van der Waals surface area contributed by atoms with Gasteiger partial charge in [-0.15, -0.1) is 0 Å². The van der Waals surface area contributed by atoms with Crippen LogP contribution in [0.4, 0.5) is 17.1 Å². The van der Waals surface area contributed by atoms with Gasteiger partial charge in [0.05, 0.1) is 0 Å². The number of nitrogens with zero attached hydrogens (tertiary/aromatic N) is 4. The van der Waals surface area contributed by atoms with Crippen LogP contribution in [0.25, 0.3) is 6.08 Å². The second kappa shape index (κ2) is 13.1. The van der Waals surface area contributed by atoms with Crippen molar-refractivity contribution in [3.63, 3.8) is 0 Å². The van der Waals surface area contributed by atoms with E-state index in [0.717, 1.165) is 39.3 Å². The van der Waals surface area contributed by atoms with Crippen LogP contribution in [0.3, 0.4) is 0 Å². The molecule has 0 saturated heterocycles. The number of pyridine rings is 2. The van der Waals surface area contributed by atoms with Crippen LogP contribution in [0, 0.1) is 35.0 Å². The Morgan fingerprint density at radius 2 is 1.07 bits per heavy atom. The summed E-state index contributed by atoms with van der Waals surface area (Å²) in [5.74, 6) is 11.3. The zero-order chi connectivity index (χ0) is 29.1. The summed E-state index contributed by atoms with van der Waals surface area (Å²) in [4.78, 5) is 21.5.